The number of hydrogen-bond acceptors (Lipinski definition) is 3. The molecule has 0 heterocycles. The Morgan fingerprint density at radius 2 is 2.29 bits per heavy atom. The van der Waals surface area contributed by atoms with Crippen LogP contribution in [0, 0.1) is 11.3 Å². The van der Waals surface area contributed by atoms with E-state index in [-0.39, 0.29) is 0 Å². The Bertz CT molecular complexity index is 442. The average Bonchev–Trinajstić information content (AvgIpc) is 2.77. The molecule has 0 radical (unpaired) electrons. The molecule has 3 nitrogen and oxygen atoms in total. The van der Waals surface area contributed by atoms with Crippen LogP contribution < -0.4 is 5.32 Å². The third-order valence-electron chi connectivity index (χ3n) is 3.20. The predicted octanol–water partition coefficient (Wildman–Crippen LogP) is 3.19. The standard InChI is InChI=1S/C13H15ClN2O/c1-17-10-6-5-9(7-10)16-13-4-2-3-12(14)11(13)8-15/h2-4,9-10,16H,5-7H2,1H3. The minimum absolute atomic E-state index is 0.331. The van der Waals surface area contributed by atoms with Crippen LogP contribution in [0.1, 0.15) is 24.8 Å². The van der Waals surface area contributed by atoms with E-state index in [2.05, 4.69) is 11.4 Å². The zero-order chi connectivity index (χ0) is 12.3. The lowest BCUT2D eigenvalue weighted by molar-refractivity contribution is 0.108. The van der Waals surface area contributed by atoms with Gasteiger partial charge in [0.1, 0.15) is 6.07 Å². The Morgan fingerprint density at radius 1 is 1.47 bits per heavy atom. The van der Waals surface area contributed by atoms with Crippen LogP contribution in [0.15, 0.2) is 18.2 Å². The Morgan fingerprint density at radius 3 is 2.94 bits per heavy atom. The van der Waals surface area contributed by atoms with E-state index < -0.39 is 0 Å². The molecule has 0 aliphatic heterocycles. The summed E-state index contributed by atoms with van der Waals surface area (Å²) in [6.07, 6.45) is 3.44. The maximum Gasteiger partial charge on any atom is 0.103 e. The van der Waals surface area contributed by atoms with E-state index in [1.165, 1.54) is 0 Å². The van der Waals surface area contributed by atoms with Gasteiger partial charge in [-0.15, -0.1) is 0 Å². The molecule has 90 valence electrons. The molecule has 2 unspecified atom stereocenters. The Balaban J connectivity index is 2.10. The summed E-state index contributed by atoms with van der Waals surface area (Å²) in [4.78, 5) is 0. The van der Waals surface area contributed by atoms with E-state index in [1.807, 2.05) is 12.1 Å². The summed E-state index contributed by atoms with van der Waals surface area (Å²) in [6, 6.07) is 7.99. The monoisotopic (exact) mass is 250 g/mol. The molecular weight excluding hydrogens is 236 g/mol. The Kier molecular flexibility index (Phi) is 3.88. The summed E-state index contributed by atoms with van der Waals surface area (Å²) in [5.41, 5.74) is 1.34. The first-order valence-corrected chi connectivity index (χ1v) is 6.10. The van der Waals surface area contributed by atoms with Crippen molar-refractivity contribution >= 4 is 17.3 Å². The number of ether oxygens (including phenoxy) is 1. The van der Waals surface area contributed by atoms with Crippen molar-refractivity contribution < 1.29 is 4.74 Å². The Labute approximate surface area is 106 Å². The van der Waals surface area contributed by atoms with Gasteiger partial charge >= 0.3 is 0 Å². The number of benzene rings is 1. The molecule has 0 aromatic heterocycles. The first-order chi connectivity index (χ1) is 8.24. The smallest absolute Gasteiger partial charge is 0.103 e. The number of halogens is 1. The molecule has 1 aliphatic carbocycles. The molecule has 0 spiro atoms. The van der Waals surface area contributed by atoms with Crippen LogP contribution in [-0.4, -0.2) is 19.3 Å². The normalized spacial score (nSPS) is 23.4. The van der Waals surface area contributed by atoms with Gasteiger partial charge in [-0.25, -0.2) is 0 Å². The van der Waals surface area contributed by atoms with Crippen molar-refractivity contribution in [3.8, 4) is 6.07 Å². The van der Waals surface area contributed by atoms with Gasteiger partial charge in [0.05, 0.1) is 22.4 Å². The van der Waals surface area contributed by atoms with Crippen LogP contribution in [0.3, 0.4) is 0 Å². The number of rotatable bonds is 3. The van der Waals surface area contributed by atoms with Crippen molar-refractivity contribution in [1.82, 2.24) is 0 Å². The van der Waals surface area contributed by atoms with Crippen molar-refractivity contribution in [1.29, 1.82) is 5.26 Å². The topological polar surface area (TPSA) is 45.0 Å². The second-order valence-corrected chi connectivity index (χ2v) is 4.69. The van der Waals surface area contributed by atoms with Crippen molar-refractivity contribution in [3.05, 3.63) is 28.8 Å². The van der Waals surface area contributed by atoms with Crippen LogP contribution in [0.4, 0.5) is 5.69 Å². The van der Waals surface area contributed by atoms with E-state index in [9.17, 15) is 0 Å². The van der Waals surface area contributed by atoms with E-state index in [0.29, 0.717) is 22.7 Å². The van der Waals surface area contributed by atoms with Gasteiger partial charge in [0.2, 0.25) is 0 Å². The third-order valence-corrected chi connectivity index (χ3v) is 3.52. The SMILES string of the molecule is COC1CCC(Nc2cccc(Cl)c2C#N)C1. The maximum absolute atomic E-state index is 9.07. The summed E-state index contributed by atoms with van der Waals surface area (Å²) in [7, 11) is 1.74. The second-order valence-electron chi connectivity index (χ2n) is 4.29. The Hall–Kier alpha value is -1.24. The van der Waals surface area contributed by atoms with Gasteiger partial charge < -0.3 is 10.1 Å². The fraction of sp³-hybridized carbons (Fsp3) is 0.462. The summed E-state index contributed by atoms with van der Waals surface area (Å²) in [5, 5.41) is 12.9. The number of nitrogens with zero attached hydrogens (tertiary/aromatic N) is 1. The highest BCUT2D eigenvalue weighted by Crippen LogP contribution is 2.28. The number of nitriles is 1. The number of methoxy groups -OCH3 is 1. The van der Waals surface area contributed by atoms with Crippen LogP contribution in [0.2, 0.25) is 5.02 Å². The van der Waals surface area contributed by atoms with Crippen LogP contribution in [0.25, 0.3) is 0 Å². The fourth-order valence-electron chi connectivity index (χ4n) is 2.26. The summed E-state index contributed by atoms with van der Waals surface area (Å²) in [6.45, 7) is 0. The van der Waals surface area contributed by atoms with Gasteiger partial charge in [-0.1, -0.05) is 17.7 Å². The molecule has 1 aliphatic rings. The van der Waals surface area contributed by atoms with E-state index in [1.54, 1.807) is 13.2 Å². The van der Waals surface area contributed by atoms with Crippen LogP contribution >= 0.6 is 11.6 Å². The van der Waals surface area contributed by atoms with Gasteiger partial charge in [-0.05, 0) is 31.4 Å². The van der Waals surface area contributed by atoms with E-state index >= 15 is 0 Å². The zero-order valence-corrected chi connectivity index (χ0v) is 10.5. The molecule has 2 rings (SSSR count). The third kappa shape index (κ3) is 2.71. The largest absolute Gasteiger partial charge is 0.381 e. The molecule has 2 atom stereocenters. The summed E-state index contributed by atoms with van der Waals surface area (Å²) in [5.74, 6) is 0. The molecule has 0 saturated heterocycles. The first kappa shape index (κ1) is 12.2. The van der Waals surface area contributed by atoms with Gasteiger partial charge in [0.15, 0.2) is 0 Å². The van der Waals surface area contributed by atoms with Crippen LogP contribution in [0.5, 0.6) is 0 Å². The van der Waals surface area contributed by atoms with Crippen molar-refractivity contribution in [2.24, 2.45) is 0 Å². The zero-order valence-electron chi connectivity index (χ0n) is 9.74. The molecule has 1 aromatic carbocycles. The van der Waals surface area contributed by atoms with Crippen LogP contribution in [-0.2, 0) is 4.74 Å². The highest BCUT2D eigenvalue weighted by molar-refractivity contribution is 6.32. The highest BCUT2D eigenvalue weighted by Gasteiger charge is 2.24. The number of hydrogen-bond donors (Lipinski definition) is 1. The van der Waals surface area contributed by atoms with Crippen molar-refractivity contribution in [3.63, 3.8) is 0 Å². The number of anilines is 1. The molecular formula is C13H15ClN2O. The second kappa shape index (κ2) is 5.39. The summed E-state index contributed by atoms with van der Waals surface area (Å²) < 4.78 is 5.33. The quantitative estimate of drug-likeness (QED) is 0.896. The van der Waals surface area contributed by atoms with E-state index in [0.717, 1.165) is 24.9 Å². The lowest BCUT2D eigenvalue weighted by Crippen LogP contribution is -2.17. The van der Waals surface area contributed by atoms with Crippen molar-refractivity contribution in [2.45, 2.75) is 31.4 Å². The minimum Gasteiger partial charge on any atom is -0.381 e. The molecule has 1 aromatic rings. The number of nitrogens with one attached hydrogen (secondary N) is 1. The molecule has 0 bridgehead atoms. The van der Waals surface area contributed by atoms with Crippen molar-refractivity contribution in [2.75, 3.05) is 12.4 Å². The highest BCUT2D eigenvalue weighted by atomic mass is 35.5. The molecule has 4 heteroatoms. The lowest BCUT2D eigenvalue weighted by atomic mass is 10.1. The van der Waals surface area contributed by atoms with Gasteiger partial charge in [0, 0.05) is 13.2 Å². The predicted molar refractivity (Wildman–Crippen MR) is 68.2 cm³/mol. The lowest BCUT2D eigenvalue weighted by Gasteiger charge is -2.15. The average molecular weight is 251 g/mol. The van der Waals surface area contributed by atoms with Gasteiger partial charge in [-0.3, -0.25) is 0 Å². The van der Waals surface area contributed by atoms with Gasteiger partial charge in [-0.2, -0.15) is 5.26 Å². The van der Waals surface area contributed by atoms with Gasteiger partial charge in [0.25, 0.3) is 0 Å². The maximum atomic E-state index is 9.07. The van der Waals surface area contributed by atoms with E-state index in [4.69, 9.17) is 21.6 Å². The minimum atomic E-state index is 0.331. The molecule has 1 fully saturated rings. The molecule has 1 N–H and O–H groups in total. The molecule has 1 saturated carbocycles. The molecule has 0 amide bonds. The fourth-order valence-corrected chi connectivity index (χ4v) is 2.48. The summed E-state index contributed by atoms with van der Waals surface area (Å²) >= 11 is 5.98. The molecule has 17 heavy (non-hydrogen) atoms. The first-order valence-electron chi connectivity index (χ1n) is 5.72.